The molecule has 2 aromatic carbocycles. The number of methoxy groups -OCH3 is 1. The van der Waals surface area contributed by atoms with E-state index in [1.54, 1.807) is 18.2 Å². The number of nitrogens with zero attached hydrogens (tertiary/aromatic N) is 1. The molecular weight excluding hydrogens is 436 g/mol. The highest BCUT2D eigenvalue weighted by atomic mass is 35.5. The minimum atomic E-state index is -0.930. The summed E-state index contributed by atoms with van der Waals surface area (Å²) in [5.41, 5.74) is 4.29. The van der Waals surface area contributed by atoms with Gasteiger partial charge in [-0.25, -0.2) is 5.43 Å². The molecule has 10 heteroatoms. The van der Waals surface area contributed by atoms with Gasteiger partial charge in [-0.3, -0.25) is 14.4 Å². The van der Waals surface area contributed by atoms with Gasteiger partial charge in [0.05, 0.1) is 18.3 Å². The number of aryl methyl sites for hydroxylation is 1. The Morgan fingerprint density at radius 1 is 1.16 bits per heavy atom. The largest absolute Gasteiger partial charge is 0.493 e. The molecule has 3 N–H and O–H groups in total. The third-order valence-electron chi connectivity index (χ3n) is 3.93. The van der Waals surface area contributed by atoms with Gasteiger partial charge in [0.2, 0.25) is 0 Å². The van der Waals surface area contributed by atoms with E-state index in [1.807, 2.05) is 19.1 Å². The third kappa shape index (κ3) is 7.44. The fourth-order valence-electron chi connectivity index (χ4n) is 2.39. The van der Waals surface area contributed by atoms with Crippen molar-refractivity contribution in [1.82, 2.24) is 10.7 Å². The second-order valence-corrected chi connectivity index (χ2v) is 6.84. The highest BCUT2D eigenvalue weighted by Crippen LogP contribution is 2.36. The van der Waals surface area contributed by atoms with E-state index in [0.717, 1.165) is 5.56 Å². The summed E-state index contributed by atoms with van der Waals surface area (Å²) in [6.07, 6.45) is 2.72. The van der Waals surface area contributed by atoms with Gasteiger partial charge in [-0.1, -0.05) is 35.4 Å². The van der Waals surface area contributed by atoms with E-state index in [2.05, 4.69) is 27.7 Å². The van der Waals surface area contributed by atoms with Crippen LogP contribution in [0.1, 0.15) is 11.1 Å². The average Bonchev–Trinajstić information content (AvgIpc) is 2.77. The smallest absolute Gasteiger partial charge is 0.329 e. The zero-order valence-corrected chi connectivity index (χ0v) is 18.4. The number of ether oxygens (including phenoxy) is 2. The maximum absolute atomic E-state index is 12.2. The fourth-order valence-corrected chi connectivity index (χ4v) is 2.66. The summed E-state index contributed by atoms with van der Waals surface area (Å²) in [4.78, 5) is 35.2. The van der Waals surface area contributed by atoms with Crippen molar-refractivity contribution in [2.24, 2.45) is 5.10 Å². The molecule has 2 rings (SSSR count). The first-order valence-corrected chi connectivity index (χ1v) is 9.80. The molecule has 0 unspecified atom stereocenters. The molecule has 32 heavy (non-hydrogen) atoms. The molecule has 9 nitrogen and oxygen atoms in total. The quantitative estimate of drug-likeness (QED) is 0.231. The molecule has 0 saturated heterocycles. The summed E-state index contributed by atoms with van der Waals surface area (Å²) in [6.45, 7) is 5.26. The first kappa shape index (κ1) is 24.4. The summed E-state index contributed by atoms with van der Waals surface area (Å²) in [5, 5.41) is 8.93. The molecule has 0 radical (unpaired) electrons. The van der Waals surface area contributed by atoms with Crippen LogP contribution in [0.3, 0.4) is 0 Å². The maximum Gasteiger partial charge on any atom is 0.329 e. The van der Waals surface area contributed by atoms with Crippen LogP contribution in [0, 0.1) is 6.92 Å². The Balaban J connectivity index is 1.99. The second kappa shape index (κ2) is 12.1. The van der Waals surface area contributed by atoms with Gasteiger partial charge in [-0.05, 0) is 36.8 Å². The molecule has 2 aromatic rings. The number of carbonyl (C=O) groups excluding carboxylic acids is 3. The standard InChI is InChI=1S/C22H23ClN4O5/c1-4-9-24-21(29)22(30)27-25-12-15-10-17(23)20(18(11-15)31-3)32-13-19(28)26-16-7-5-14(2)6-8-16/h4-8,10-12H,1,9,13H2,2-3H3,(H,24,29)(H,26,28)(H,27,30)/b25-12-. The molecule has 0 aliphatic carbocycles. The highest BCUT2D eigenvalue weighted by molar-refractivity contribution is 6.35. The van der Waals surface area contributed by atoms with Gasteiger partial charge in [0.1, 0.15) is 0 Å². The number of nitrogens with one attached hydrogen (secondary N) is 3. The minimum Gasteiger partial charge on any atom is -0.493 e. The van der Waals surface area contributed by atoms with Crippen molar-refractivity contribution in [3.05, 3.63) is 65.2 Å². The number of benzene rings is 2. The summed E-state index contributed by atoms with van der Waals surface area (Å²) in [6, 6.07) is 10.4. The van der Waals surface area contributed by atoms with Crippen molar-refractivity contribution in [3.63, 3.8) is 0 Å². The fraction of sp³-hybridized carbons (Fsp3) is 0.182. The average molecular weight is 459 g/mol. The van der Waals surface area contributed by atoms with Gasteiger partial charge in [-0.15, -0.1) is 6.58 Å². The number of amides is 3. The number of hydrogen-bond donors (Lipinski definition) is 3. The van der Waals surface area contributed by atoms with Crippen molar-refractivity contribution in [2.45, 2.75) is 6.92 Å². The number of hydrazone groups is 1. The van der Waals surface area contributed by atoms with E-state index in [4.69, 9.17) is 21.1 Å². The van der Waals surface area contributed by atoms with E-state index in [0.29, 0.717) is 11.3 Å². The lowest BCUT2D eigenvalue weighted by Gasteiger charge is -2.13. The molecule has 168 valence electrons. The molecule has 0 aliphatic rings. The van der Waals surface area contributed by atoms with Gasteiger partial charge in [0.15, 0.2) is 18.1 Å². The van der Waals surface area contributed by atoms with Crippen LogP contribution in [0.2, 0.25) is 5.02 Å². The summed E-state index contributed by atoms with van der Waals surface area (Å²) < 4.78 is 10.8. The van der Waals surface area contributed by atoms with Crippen LogP contribution < -0.4 is 25.5 Å². The Morgan fingerprint density at radius 2 is 1.88 bits per heavy atom. The highest BCUT2D eigenvalue weighted by Gasteiger charge is 2.14. The van der Waals surface area contributed by atoms with Gasteiger partial charge in [0, 0.05) is 12.2 Å². The first-order chi connectivity index (χ1) is 15.3. The summed E-state index contributed by atoms with van der Waals surface area (Å²) in [7, 11) is 1.41. The Kier molecular flexibility index (Phi) is 9.24. The van der Waals surface area contributed by atoms with Crippen LogP contribution in [-0.4, -0.2) is 44.2 Å². The van der Waals surface area contributed by atoms with Crippen LogP contribution in [0.4, 0.5) is 5.69 Å². The van der Waals surface area contributed by atoms with E-state index in [9.17, 15) is 14.4 Å². The predicted molar refractivity (Wildman–Crippen MR) is 122 cm³/mol. The summed E-state index contributed by atoms with van der Waals surface area (Å²) in [5.74, 6) is -1.70. The molecule has 0 aromatic heterocycles. The molecule has 0 heterocycles. The van der Waals surface area contributed by atoms with Crippen LogP contribution in [0.25, 0.3) is 0 Å². The molecule has 0 bridgehead atoms. The number of hydrogen-bond acceptors (Lipinski definition) is 6. The van der Waals surface area contributed by atoms with Gasteiger partial charge in [0.25, 0.3) is 5.91 Å². The third-order valence-corrected chi connectivity index (χ3v) is 4.21. The van der Waals surface area contributed by atoms with E-state index >= 15 is 0 Å². The van der Waals surface area contributed by atoms with E-state index in [1.165, 1.54) is 25.5 Å². The lowest BCUT2D eigenvalue weighted by molar-refractivity contribution is -0.139. The minimum absolute atomic E-state index is 0.160. The van der Waals surface area contributed by atoms with Gasteiger partial charge in [-0.2, -0.15) is 5.10 Å². The van der Waals surface area contributed by atoms with Crippen molar-refractivity contribution >= 4 is 41.2 Å². The molecular formula is C22H23ClN4O5. The van der Waals surface area contributed by atoms with Crippen LogP contribution in [0.15, 0.2) is 54.2 Å². The number of anilines is 1. The van der Waals surface area contributed by atoms with E-state index in [-0.39, 0.29) is 35.6 Å². The van der Waals surface area contributed by atoms with Crippen molar-refractivity contribution in [3.8, 4) is 11.5 Å². The zero-order valence-electron chi connectivity index (χ0n) is 17.6. The Bertz CT molecular complexity index is 1020. The van der Waals surface area contributed by atoms with Crippen molar-refractivity contribution in [2.75, 3.05) is 25.6 Å². The van der Waals surface area contributed by atoms with Crippen molar-refractivity contribution < 1.29 is 23.9 Å². The van der Waals surface area contributed by atoms with Crippen LogP contribution >= 0.6 is 11.6 Å². The lowest BCUT2D eigenvalue weighted by atomic mass is 10.2. The van der Waals surface area contributed by atoms with Gasteiger partial charge < -0.3 is 20.1 Å². The zero-order chi connectivity index (χ0) is 23.5. The van der Waals surface area contributed by atoms with Crippen LogP contribution in [-0.2, 0) is 14.4 Å². The first-order valence-electron chi connectivity index (χ1n) is 9.43. The Hall–Kier alpha value is -3.85. The molecule has 0 fully saturated rings. The predicted octanol–water partition coefficient (Wildman–Crippen LogP) is 2.43. The molecule has 0 saturated carbocycles. The number of rotatable bonds is 9. The molecule has 3 amide bonds. The number of carbonyl (C=O) groups is 3. The summed E-state index contributed by atoms with van der Waals surface area (Å²) >= 11 is 6.26. The molecule has 0 spiro atoms. The Labute approximate surface area is 190 Å². The molecule has 0 aliphatic heterocycles. The van der Waals surface area contributed by atoms with Crippen molar-refractivity contribution in [1.29, 1.82) is 0 Å². The van der Waals surface area contributed by atoms with E-state index < -0.39 is 11.8 Å². The monoisotopic (exact) mass is 458 g/mol. The molecule has 0 atom stereocenters. The number of halogens is 1. The SMILES string of the molecule is C=CCNC(=O)C(=O)N/N=C\c1cc(Cl)c(OCC(=O)Nc2ccc(C)cc2)c(OC)c1. The Morgan fingerprint density at radius 3 is 2.53 bits per heavy atom. The normalized spacial score (nSPS) is 10.3. The van der Waals surface area contributed by atoms with Gasteiger partial charge >= 0.3 is 11.8 Å². The topological polar surface area (TPSA) is 118 Å². The maximum atomic E-state index is 12.2. The van der Waals surface area contributed by atoms with Crippen LogP contribution in [0.5, 0.6) is 11.5 Å². The second-order valence-electron chi connectivity index (χ2n) is 6.43. The lowest BCUT2D eigenvalue weighted by Crippen LogP contribution is -2.37.